The van der Waals surface area contributed by atoms with Gasteiger partial charge in [0, 0.05) is 4.47 Å². The first-order valence-electron chi connectivity index (χ1n) is 4.26. The van der Waals surface area contributed by atoms with Crippen molar-refractivity contribution in [3.63, 3.8) is 0 Å². The van der Waals surface area contributed by atoms with E-state index in [1.165, 1.54) is 0 Å². The Labute approximate surface area is 104 Å². The lowest BCUT2D eigenvalue weighted by molar-refractivity contribution is 0.153. The second kappa shape index (κ2) is 5.23. The van der Waals surface area contributed by atoms with Gasteiger partial charge >= 0.3 is 0 Å². The molecule has 0 spiro atoms. The van der Waals surface area contributed by atoms with Gasteiger partial charge in [-0.15, -0.1) is 0 Å². The lowest BCUT2D eigenvalue weighted by Crippen LogP contribution is -2.29. The Morgan fingerprint density at radius 2 is 2.00 bits per heavy atom. The lowest BCUT2D eigenvalue weighted by atomic mass is 10.3. The summed E-state index contributed by atoms with van der Waals surface area (Å²) in [6.07, 6.45) is -2.82. The van der Waals surface area contributed by atoms with Gasteiger partial charge in [-0.3, -0.25) is 0 Å². The standard InChI is InChI=1S/C8H8BrF3N2O2S/c9-4-1-5(10)6(13)2-7(4)17(15,16)14-3-8(11)12/h1-2,8,14H,3,13H2. The van der Waals surface area contributed by atoms with Crippen molar-refractivity contribution in [2.45, 2.75) is 11.3 Å². The van der Waals surface area contributed by atoms with Gasteiger partial charge in [0.15, 0.2) is 0 Å². The Morgan fingerprint density at radius 3 is 2.53 bits per heavy atom. The minimum atomic E-state index is -4.15. The fourth-order valence-electron chi connectivity index (χ4n) is 1.00. The Bertz CT molecular complexity index is 522. The first-order chi connectivity index (χ1) is 7.74. The number of halogens is 4. The van der Waals surface area contributed by atoms with E-state index in [9.17, 15) is 21.6 Å². The molecule has 0 aromatic heterocycles. The Balaban J connectivity index is 3.11. The average Bonchev–Trinajstić information content (AvgIpc) is 2.20. The minimum Gasteiger partial charge on any atom is -0.396 e. The number of anilines is 1. The molecule has 0 aliphatic heterocycles. The first-order valence-corrected chi connectivity index (χ1v) is 6.54. The minimum absolute atomic E-state index is 0.0917. The molecule has 9 heteroatoms. The highest BCUT2D eigenvalue weighted by molar-refractivity contribution is 9.10. The van der Waals surface area contributed by atoms with Crippen molar-refractivity contribution in [1.82, 2.24) is 4.72 Å². The fraction of sp³-hybridized carbons (Fsp3) is 0.250. The van der Waals surface area contributed by atoms with E-state index in [1.54, 1.807) is 4.72 Å². The molecule has 0 fully saturated rings. The van der Waals surface area contributed by atoms with Crippen LogP contribution in [-0.2, 0) is 10.0 Å². The van der Waals surface area contributed by atoms with E-state index >= 15 is 0 Å². The third kappa shape index (κ3) is 3.58. The molecule has 0 heterocycles. The second-order valence-electron chi connectivity index (χ2n) is 3.05. The molecule has 0 saturated heterocycles. The summed E-state index contributed by atoms with van der Waals surface area (Å²) >= 11 is 2.82. The Hall–Kier alpha value is -0.800. The predicted molar refractivity (Wildman–Crippen MR) is 59.7 cm³/mol. The normalized spacial score (nSPS) is 12.1. The summed E-state index contributed by atoms with van der Waals surface area (Å²) in [6.45, 7) is -1.02. The van der Waals surface area contributed by atoms with Crippen LogP contribution in [0, 0.1) is 5.82 Å². The molecule has 0 atom stereocenters. The molecule has 3 N–H and O–H groups in total. The fourth-order valence-corrected chi connectivity index (χ4v) is 3.05. The molecule has 0 amide bonds. The zero-order valence-corrected chi connectivity index (χ0v) is 10.7. The third-order valence-electron chi connectivity index (χ3n) is 1.77. The van der Waals surface area contributed by atoms with E-state index in [4.69, 9.17) is 5.73 Å². The summed E-state index contributed by atoms with van der Waals surface area (Å²) in [6, 6.07) is 1.71. The summed E-state index contributed by atoms with van der Waals surface area (Å²) in [5.41, 5.74) is 4.82. The van der Waals surface area contributed by atoms with E-state index in [1.807, 2.05) is 0 Å². The van der Waals surface area contributed by atoms with E-state index in [2.05, 4.69) is 15.9 Å². The van der Waals surface area contributed by atoms with Gasteiger partial charge in [-0.25, -0.2) is 26.3 Å². The quantitative estimate of drug-likeness (QED) is 0.824. The molecule has 0 unspecified atom stereocenters. The summed E-state index contributed by atoms with van der Waals surface area (Å²) in [5.74, 6) is -0.801. The van der Waals surface area contributed by atoms with Gasteiger partial charge in [-0.05, 0) is 28.1 Å². The number of hydrogen-bond acceptors (Lipinski definition) is 3. The summed E-state index contributed by atoms with van der Waals surface area (Å²) < 4.78 is 61.5. The van der Waals surface area contributed by atoms with Crippen molar-refractivity contribution in [1.29, 1.82) is 0 Å². The SMILES string of the molecule is Nc1cc(S(=O)(=O)NCC(F)F)c(Br)cc1F. The van der Waals surface area contributed by atoms with Crippen LogP contribution in [0.4, 0.5) is 18.9 Å². The van der Waals surface area contributed by atoms with Gasteiger partial charge in [0.1, 0.15) is 5.82 Å². The number of rotatable bonds is 4. The lowest BCUT2D eigenvalue weighted by Gasteiger charge is -2.09. The van der Waals surface area contributed by atoms with Crippen LogP contribution >= 0.6 is 15.9 Å². The first kappa shape index (κ1) is 14.3. The highest BCUT2D eigenvalue weighted by atomic mass is 79.9. The maximum Gasteiger partial charge on any atom is 0.251 e. The summed E-state index contributed by atoms with van der Waals surface area (Å²) in [4.78, 5) is -0.392. The van der Waals surface area contributed by atoms with Crippen LogP contribution in [-0.4, -0.2) is 21.4 Å². The Morgan fingerprint density at radius 1 is 1.41 bits per heavy atom. The molecule has 0 saturated carbocycles. The molecule has 4 nitrogen and oxygen atoms in total. The van der Waals surface area contributed by atoms with Crippen LogP contribution < -0.4 is 10.5 Å². The van der Waals surface area contributed by atoms with Crippen LogP contribution in [0.25, 0.3) is 0 Å². The summed E-state index contributed by atoms with van der Waals surface area (Å²) in [5, 5.41) is 0. The number of nitrogen functional groups attached to an aromatic ring is 1. The Kier molecular flexibility index (Phi) is 4.39. The zero-order chi connectivity index (χ0) is 13.2. The van der Waals surface area contributed by atoms with Crippen molar-refractivity contribution >= 4 is 31.6 Å². The second-order valence-corrected chi connectivity index (χ2v) is 5.64. The number of sulfonamides is 1. The highest BCUT2D eigenvalue weighted by Crippen LogP contribution is 2.26. The molecule has 0 aliphatic carbocycles. The van der Waals surface area contributed by atoms with Crippen LogP contribution in [0.15, 0.2) is 21.5 Å². The molecular weight excluding hydrogens is 325 g/mol. The van der Waals surface area contributed by atoms with Gasteiger partial charge in [0.25, 0.3) is 6.43 Å². The maximum absolute atomic E-state index is 13.0. The van der Waals surface area contributed by atoms with Crippen molar-refractivity contribution in [2.24, 2.45) is 0 Å². The predicted octanol–water partition coefficient (Wildman–Crippen LogP) is 1.71. The molecule has 17 heavy (non-hydrogen) atoms. The summed E-state index contributed by atoms with van der Waals surface area (Å²) in [7, 11) is -4.15. The van der Waals surface area contributed by atoms with Crippen molar-refractivity contribution in [3.8, 4) is 0 Å². The van der Waals surface area contributed by atoms with E-state index in [-0.39, 0.29) is 10.2 Å². The zero-order valence-electron chi connectivity index (χ0n) is 8.25. The van der Waals surface area contributed by atoms with Crippen LogP contribution in [0.2, 0.25) is 0 Å². The van der Waals surface area contributed by atoms with Gasteiger partial charge in [-0.2, -0.15) is 0 Å². The highest BCUT2D eigenvalue weighted by Gasteiger charge is 2.20. The van der Waals surface area contributed by atoms with Gasteiger partial charge in [-0.1, -0.05) is 0 Å². The van der Waals surface area contributed by atoms with Crippen LogP contribution in [0.3, 0.4) is 0 Å². The van der Waals surface area contributed by atoms with E-state index in [0.717, 1.165) is 12.1 Å². The smallest absolute Gasteiger partial charge is 0.251 e. The molecule has 1 rings (SSSR count). The monoisotopic (exact) mass is 332 g/mol. The molecule has 1 aromatic rings. The number of benzene rings is 1. The van der Waals surface area contributed by atoms with Crippen LogP contribution in [0.5, 0.6) is 0 Å². The molecule has 0 bridgehead atoms. The third-order valence-corrected chi connectivity index (χ3v) is 4.15. The number of nitrogens with two attached hydrogens (primary N) is 1. The van der Waals surface area contributed by atoms with Gasteiger partial charge in [0.05, 0.1) is 17.1 Å². The van der Waals surface area contributed by atoms with E-state index in [0.29, 0.717) is 0 Å². The topological polar surface area (TPSA) is 72.2 Å². The molecule has 1 aromatic carbocycles. The largest absolute Gasteiger partial charge is 0.396 e. The van der Waals surface area contributed by atoms with E-state index < -0.39 is 33.7 Å². The van der Waals surface area contributed by atoms with Crippen molar-refractivity contribution in [3.05, 3.63) is 22.4 Å². The number of alkyl halides is 2. The molecular formula is C8H8BrF3N2O2S. The van der Waals surface area contributed by atoms with Crippen molar-refractivity contribution in [2.75, 3.05) is 12.3 Å². The average molecular weight is 333 g/mol. The molecule has 0 radical (unpaired) electrons. The molecule has 96 valence electrons. The number of hydrogen-bond donors (Lipinski definition) is 2. The number of nitrogens with one attached hydrogen (secondary N) is 1. The molecule has 0 aliphatic rings. The van der Waals surface area contributed by atoms with Crippen LogP contribution in [0.1, 0.15) is 0 Å². The van der Waals surface area contributed by atoms with Gasteiger partial charge < -0.3 is 5.73 Å². The van der Waals surface area contributed by atoms with Gasteiger partial charge in [0.2, 0.25) is 10.0 Å². The maximum atomic E-state index is 13.0. The van der Waals surface area contributed by atoms with Crippen molar-refractivity contribution < 1.29 is 21.6 Å².